The molecule has 0 aliphatic heterocycles. The van der Waals surface area contributed by atoms with Crippen LogP contribution in [0.5, 0.6) is 0 Å². The zero-order chi connectivity index (χ0) is 33.5. The van der Waals surface area contributed by atoms with Gasteiger partial charge in [0.1, 0.15) is 12.1 Å². The highest BCUT2D eigenvalue weighted by Crippen LogP contribution is 2.23. The Morgan fingerprint density at radius 3 is 2.00 bits per heavy atom. The van der Waals surface area contributed by atoms with Gasteiger partial charge in [0, 0.05) is 19.5 Å². The van der Waals surface area contributed by atoms with E-state index in [1.165, 1.54) is 18.3 Å². The van der Waals surface area contributed by atoms with Gasteiger partial charge in [0.05, 0.1) is 22.3 Å². The quantitative estimate of drug-likeness (QED) is 0.0337. The van der Waals surface area contributed by atoms with Crippen molar-refractivity contribution in [1.29, 1.82) is 0 Å². The van der Waals surface area contributed by atoms with E-state index >= 15 is 0 Å². The minimum absolute atomic E-state index is 0.0900. The van der Waals surface area contributed by atoms with Crippen LogP contribution in [-0.4, -0.2) is 83.6 Å². The number of hydrogen-bond acceptors (Lipinski definition) is 10. The molecule has 0 aliphatic carbocycles. The van der Waals surface area contributed by atoms with Gasteiger partial charge in [-0.3, -0.25) is 34.0 Å². The van der Waals surface area contributed by atoms with E-state index in [0.29, 0.717) is 18.4 Å². The van der Waals surface area contributed by atoms with Crippen molar-refractivity contribution in [3.63, 3.8) is 0 Å². The fraction of sp³-hybridized carbons (Fsp3) is 0.481. The molecule has 1 heterocycles. The number of amides is 4. The van der Waals surface area contributed by atoms with Crippen molar-refractivity contribution >= 4 is 62.9 Å². The summed E-state index contributed by atoms with van der Waals surface area (Å²) in [7, 11) is 0. The van der Waals surface area contributed by atoms with Crippen molar-refractivity contribution in [3.8, 4) is 0 Å². The van der Waals surface area contributed by atoms with E-state index < -0.39 is 53.6 Å². The average molecular weight is 647 g/mol. The van der Waals surface area contributed by atoms with E-state index in [-0.39, 0.29) is 55.7 Å². The van der Waals surface area contributed by atoms with E-state index in [1.54, 1.807) is 12.1 Å². The maximum absolute atomic E-state index is 13.4. The van der Waals surface area contributed by atoms with Crippen LogP contribution in [-0.2, 0) is 19.2 Å². The van der Waals surface area contributed by atoms with Gasteiger partial charge in [0.15, 0.2) is 16.9 Å². The monoisotopic (exact) mass is 646 g/mol. The number of benzene rings is 1. The second kappa shape index (κ2) is 18.1. The van der Waals surface area contributed by atoms with Gasteiger partial charge in [-0.1, -0.05) is 12.1 Å². The molecule has 45 heavy (non-hydrogen) atoms. The highest BCUT2D eigenvalue weighted by Gasteiger charge is 2.30. The molecule has 4 amide bonds. The maximum Gasteiger partial charge on any atom is 0.243 e. The van der Waals surface area contributed by atoms with E-state index in [1.807, 2.05) is 12.1 Å². The van der Waals surface area contributed by atoms with Gasteiger partial charge < -0.3 is 50.4 Å². The molecule has 17 nitrogen and oxygen atoms in total. The van der Waals surface area contributed by atoms with Crippen molar-refractivity contribution in [2.75, 3.05) is 13.1 Å². The molecule has 0 saturated carbocycles. The third-order valence-electron chi connectivity index (χ3n) is 6.45. The summed E-state index contributed by atoms with van der Waals surface area (Å²) in [6.07, 6.45) is 0.839. The highest BCUT2D eigenvalue weighted by atomic mass is 32.1. The molecule has 0 radical (unpaired) electrons. The van der Waals surface area contributed by atoms with Crippen LogP contribution < -0.4 is 50.4 Å². The molecule has 15 N–H and O–H groups in total. The molecule has 246 valence electrons. The number of guanidine groups is 2. The fourth-order valence-electron chi connectivity index (χ4n) is 4.06. The van der Waals surface area contributed by atoms with Gasteiger partial charge in [-0.05, 0) is 51.2 Å². The summed E-state index contributed by atoms with van der Waals surface area (Å²) in [6.45, 7) is 1.90. The first-order valence-electron chi connectivity index (χ1n) is 14.2. The fourth-order valence-corrected chi connectivity index (χ4v) is 5.02. The predicted molar refractivity (Wildman–Crippen MR) is 172 cm³/mol. The second-order valence-corrected chi connectivity index (χ2v) is 11.2. The molecule has 2 aromatic rings. The van der Waals surface area contributed by atoms with Gasteiger partial charge in [0.2, 0.25) is 29.4 Å². The number of nitrogens with zero attached hydrogens (tertiary/aromatic N) is 3. The number of para-hydroxylation sites is 1. The largest absolute Gasteiger partial charge is 0.370 e. The molecule has 1 aromatic heterocycles. The Hall–Kier alpha value is -4.84. The molecule has 0 aliphatic rings. The number of carbonyl (C=O) groups excluding carboxylic acids is 5. The van der Waals surface area contributed by atoms with Gasteiger partial charge in [0.25, 0.3) is 0 Å². The minimum Gasteiger partial charge on any atom is -0.370 e. The Bertz CT molecular complexity index is 1370. The first kappa shape index (κ1) is 36.4. The Morgan fingerprint density at radius 1 is 0.800 bits per heavy atom. The van der Waals surface area contributed by atoms with E-state index in [9.17, 15) is 24.0 Å². The van der Waals surface area contributed by atoms with Crippen molar-refractivity contribution in [2.24, 2.45) is 44.4 Å². The lowest BCUT2D eigenvalue weighted by Crippen LogP contribution is -2.56. The average Bonchev–Trinajstić information content (AvgIpc) is 3.42. The first-order chi connectivity index (χ1) is 21.3. The van der Waals surface area contributed by atoms with Crippen LogP contribution in [0.2, 0.25) is 0 Å². The van der Waals surface area contributed by atoms with Crippen LogP contribution in [0.15, 0.2) is 34.3 Å². The Labute approximate surface area is 264 Å². The Kier molecular flexibility index (Phi) is 14.6. The molecule has 0 saturated heterocycles. The maximum atomic E-state index is 13.4. The van der Waals surface area contributed by atoms with Crippen LogP contribution >= 0.6 is 11.3 Å². The van der Waals surface area contributed by atoms with Crippen molar-refractivity contribution in [1.82, 2.24) is 20.9 Å². The normalized spacial score (nSPS) is 13.5. The number of carbonyl (C=O) groups is 5. The van der Waals surface area contributed by atoms with Crippen LogP contribution in [0.3, 0.4) is 0 Å². The molecule has 4 atom stereocenters. The molecule has 0 spiro atoms. The Morgan fingerprint density at radius 2 is 1.40 bits per heavy atom. The van der Waals surface area contributed by atoms with Gasteiger partial charge in [-0.25, -0.2) is 4.98 Å². The van der Waals surface area contributed by atoms with Gasteiger partial charge in [-0.15, -0.1) is 11.3 Å². The topological polar surface area (TPSA) is 315 Å². The summed E-state index contributed by atoms with van der Waals surface area (Å²) in [5.41, 5.74) is 33.2. The third kappa shape index (κ3) is 12.7. The van der Waals surface area contributed by atoms with Crippen LogP contribution in [0.1, 0.15) is 55.3 Å². The number of primary amides is 1. The number of aromatic nitrogens is 1. The van der Waals surface area contributed by atoms with E-state index in [0.717, 1.165) is 4.70 Å². The smallest absolute Gasteiger partial charge is 0.243 e. The van der Waals surface area contributed by atoms with Gasteiger partial charge >= 0.3 is 0 Å². The Balaban J connectivity index is 2.10. The number of rotatable bonds is 19. The summed E-state index contributed by atoms with van der Waals surface area (Å²) in [5.74, 6) is -3.35. The second-order valence-electron chi connectivity index (χ2n) is 10.2. The predicted octanol–water partition coefficient (Wildman–Crippen LogP) is -2.35. The van der Waals surface area contributed by atoms with Crippen LogP contribution in [0.25, 0.3) is 10.2 Å². The van der Waals surface area contributed by atoms with Crippen LogP contribution in [0.4, 0.5) is 0 Å². The minimum atomic E-state index is -1.22. The summed E-state index contributed by atoms with van der Waals surface area (Å²) in [4.78, 5) is 75.9. The van der Waals surface area contributed by atoms with Crippen molar-refractivity contribution in [2.45, 2.75) is 69.6 Å². The molecule has 1 aromatic carbocycles. The summed E-state index contributed by atoms with van der Waals surface area (Å²) < 4.78 is 0.810. The zero-order valence-electron chi connectivity index (χ0n) is 25.0. The standard InChI is InChI=1S/C27H42N12O5S/c1-14(36-24(44)18(10-11-20(29)40)38-23(43)15(28)6-4-12-34-26(30)31)22(42)37-17(8-5-13-35-27(32)33)21(41)25-39-16-7-2-3-9-19(16)45-25/h2-3,7,9,14-15,17-18H,4-6,8,10-13,28H2,1H3,(H2,29,40)(H,36,44)(H,37,42)(H,38,43)(H4,30,31,34)(H4,32,33,35)/t14-,15-,17+,18-/m0/s1. The number of thiazole rings is 1. The van der Waals surface area contributed by atoms with Crippen molar-refractivity contribution < 1.29 is 24.0 Å². The lowest BCUT2D eigenvalue weighted by Gasteiger charge is -2.24. The zero-order valence-corrected chi connectivity index (χ0v) is 25.8. The molecule has 0 fully saturated rings. The summed E-state index contributed by atoms with van der Waals surface area (Å²) in [6, 6.07) is 2.91. The van der Waals surface area contributed by atoms with E-state index in [4.69, 9.17) is 34.4 Å². The number of nitrogens with two attached hydrogens (primary N) is 6. The molecule has 0 bridgehead atoms. The lowest BCUT2D eigenvalue weighted by atomic mass is 10.1. The number of hydrogen-bond donors (Lipinski definition) is 9. The number of nitrogens with one attached hydrogen (secondary N) is 3. The first-order valence-corrected chi connectivity index (χ1v) is 15.1. The number of Topliss-reactive ketones (excluding diaryl/α,β-unsaturated/α-hetero) is 1. The molecule has 0 unspecified atom stereocenters. The van der Waals surface area contributed by atoms with Crippen LogP contribution in [0, 0.1) is 0 Å². The SMILES string of the molecule is C[C@H](NC(=O)[C@H](CCC(N)=O)NC(=O)[C@@H](N)CCCN=C(N)N)C(=O)N[C@H](CCCN=C(N)N)C(=O)c1nc2ccccc2s1. The number of ketones is 1. The summed E-state index contributed by atoms with van der Waals surface area (Å²) >= 11 is 1.20. The molecule has 18 heteroatoms. The number of fused-ring (bicyclic) bond motifs is 1. The molecular formula is C27H42N12O5S. The molecule has 2 rings (SSSR count). The van der Waals surface area contributed by atoms with E-state index in [2.05, 4.69) is 30.9 Å². The van der Waals surface area contributed by atoms with Gasteiger partial charge in [-0.2, -0.15) is 0 Å². The number of aliphatic imine (C=N–C) groups is 2. The third-order valence-corrected chi connectivity index (χ3v) is 7.50. The molecular weight excluding hydrogens is 604 g/mol. The van der Waals surface area contributed by atoms with Crippen molar-refractivity contribution in [3.05, 3.63) is 29.3 Å². The highest BCUT2D eigenvalue weighted by molar-refractivity contribution is 7.20. The summed E-state index contributed by atoms with van der Waals surface area (Å²) in [5, 5.41) is 7.92. The lowest BCUT2D eigenvalue weighted by molar-refractivity contribution is -0.132.